The van der Waals surface area contributed by atoms with Crippen molar-refractivity contribution in [1.29, 1.82) is 0 Å². The predicted octanol–water partition coefficient (Wildman–Crippen LogP) is 2.01. The van der Waals surface area contributed by atoms with E-state index in [1.165, 1.54) is 12.1 Å². The highest BCUT2D eigenvalue weighted by atomic mass is 16.4. The van der Waals surface area contributed by atoms with Crippen LogP contribution in [-0.4, -0.2) is 28.3 Å². The molecule has 1 rings (SSSR count). The Morgan fingerprint density at radius 1 is 1.26 bits per heavy atom. The molecule has 0 aromatic heterocycles. The van der Waals surface area contributed by atoms with E-state index >= 15 is 0 Å². The number of carboxylic acids is 1. The summed E-state index contributed by atoms with van der Waals surface area (Å²) in [6.07, 6.45) is 0.337. The van der Waals surface area contributed by atoms with Crippen molar-refractivity contribution in [2.24, 2.45) is 5.92 Å². The van der Waals surface area contributed by atoms with Gasteiger partial charge in [0, 0.05) is 0 Å². The van der Waals surface area contributed by atoms with Gasteiger partial charge in [-0.05, 0) is 24.5 Å². The monoisotopic (exact) mass is 266 g/mol. The van der Waals surface area contributed by atoms with Crippen LogP contribution in [0.4, 0.5) is 10.5 Å². The summed E-state index contributed by atoms with van der Waals surface area (Å²) in [5, 5.41) is 23.3. The fourth-order valence-corrected chi connectivity index (χ4v) is 1.59. The number of anilines is 1. The van der Waals surface area contributed by atoms with Gasteiger partial charge in [0.05, 0.1) is 5.69 Å². The number of benzene rings is 1. The lowest BCUT2D eigenvalue weighted by Crippen LogP contribution is -2.43. The normalized spacial score (nSPS) is 11.9. The molecule has 0 radical (unpaired) electrons. The SMILES string of the molecule is CC(C)CC(NC(=O)Nc1ccccc1O)C(=O)O. The molecule has 0 saturated carbocycles. The zero-order chi connectivity index (χ0) is 14.4. The minimum absolute atomic E-state index is 0.0756. The molecule has 0 fully saturated rings. The van der Waals surface area contributed by atoms with Crippen LogP contribution >= 0.6 is 0 Å². The molecule has 0 bridgehead atoms. The first-order chi connectivity index (χ1) is 8.90. The zero-order valence-electron chi connectivity index (χ0n) is 10.9. The van der Waals surface area contributed by atoms with Crippen LogP contribution in [0.15, 0.2) is 24.3 Å². The molecule has 0 aliphatic heterocycles. The Hall–Kier alpha value is -2.24. The number of phenolic OH excluding ortho intramolecular Hbond substituents is 1. The molecule has 0 aliphatic carbocycles. The highest BCUT2D eigenvalue weighted by Gasteiger charge is 2.21. The number of phenols is 1. The maximum atomic E-state index is 11.7. The lowest BCUT2D eigenvalue weighted by molar-refractivity contribution is -0.139. The predicted molar refractivity (Wildman–Crippen MR) is 71.1 cm³/mol. The number of hydrogen-bond acceptors (Lipinski definition) is 3. The van der Waals surface area contributed by atoms with Gasteiger partial charge in [-0.15, -0.1) is 0 Å². The Morgan fingerprint density at radius 3 is 2.42 bits per heavy atom. The van der Waals surface area contributed by atoms with Crippen molar-refractivity contribution in [1.82, 2.24) is 5.32 Å². The molecule has 4 N–H and O–H groups in total. The Kier molecular flexibility index (Phi) is 5.17. The number of rotatable bonds is 5. The molecule has 1 unspecified atom stereocenters. The van der Waals surface area contributed by atoms with E-state index in [0.29, 0.717) is 6.42 Å². The van der Waals surface area contributed by atoms with E-state index < -0.39 is 18.0 Å². The lowest BCUT2D eigenvalue weighted by Gasteiger charge is -2.17. The van der Waals surface area contributed by atoms with Crippen LogP contribution in [0.3, 0.4) is 0 Å². The van der Waals surface area contributed by atoms with Gasteiger partial charge in [-0.3, -0.25) is 0 Å². The first-order valence-corrected chi connectivity index (χ1v) is 5.98. The molecular weight excluding hydrogens is 248 g/mol. The number of aliphatic carboxylic acids is 1. The first kappa shape index (κ1) is 14.8. The van der Waals surface area contributed by atoms with E-state index in [1.54, 1.807) is 12.1 Å². The van der Waals surface area contributed by atoms with Crippen LogP contribution in [0.5, 0.6) is 5.75 Å². The number of carbonyl (C=O) groups excluding carboxylic acids is 1. The average Bonchev–Trinajstić information content (AvgIpc) is 2.30. The minimum Gasteiger partial charge on any atom is -0.506 e. The van der Waals surface area contributed by atoms with E-state index in [2.05, 4.69) is 10.6 Å². The van der Waals surface area contributed by atoms with E-state index in [9.17, 15) is 14.7 Å². The molecule has 2 amide bonds. The lowest BCUT2D eigenvalue weighted by atomic mass is 10.0. The van der Waals surface area contributed by atoms with Crippen molar-refractivity contribution in [2.75, 3.05) is 5.32 Å². The summed E-state index contributed by atoms with van der Waals surface area (Å²) in [6, 6.07) is 4.61. The second kappa shape index (κ2) is 6.63. The molecule has 19 heavy (non-hydrogen) atoms. The van der Waals surface area contributed by atoms with Crippen molar-refractivity contribution in [3.8, 4) is 5.75 Å². The van der Waals surface area contributed by atoms with E-state index in [0.717, 1.165) is 0 Å². The van der Waals surface area contributed by atoms with Crippen LogP contribution in [0.1, 0.15) is 20.3 Å². The topological polar surface area (TPSA) is 98.7 Å². The largest absolute Gasteiger partial charge is 0.506 e. The Bertz CT molecular complexity index is 460. The molecule has 6 heteroatoms. The molecule has 1 aromatic carbocycles. The summed E-state index contributed by atoms with van der Waals surface area (Å²) >= 11 is 0. The van der Waals surface area contributed by atoms with Crippen LogP contribution in [0, 0.1) is 5.92 Å². The summed E-state index contributed by atoms with van der Waals surface area (Å²) in [6.45, 7) is 3.75. The maximum Gasteiger partial charge on any atom is 0.326 e. The van der Waals surface area contributed by atoms with Gasteiger partial charge in [0.15, 0.2) is 0 Å². The van der Waals surface area contributed by atoms with Crippen molar-refractivity contribution < 1.29 is 19.8 Å². The number of carbonyl (C=O) groups is 2. The summed E-state index contributed by atoms with van der Waals surface area (Å²) in [5.74, 6) is -1.01. The van der Waals surface area contributed by atoms with Gasteiger partial charge >= 0.3 is 12.0 Å². The molecule has 0 spiro atoms. The van der Waals surface area contributed by atoms with Gasteiger partial charge in [0.2, 0.25) is 0 Å². The zero-order valence-corrected chi connectivity index (χ0v) is 10.9. The Labute approximate surface area is 111 Å². The van der Waals surface area contributed by atoms with Crippen molar-refractivity contribution in [2.45, 2.75) is 26.3 Å². The summed E-state index contributed by atoms with van der Waals surface area (Å²) in [4.78, 5) is 22.7. The number of para-hydroxylation sites is 2. The van der Waals surface area contributed by atoms with Gasteiger partial charge in [0.25, 0.3) is 0 Å². The molecule has 0 saturated heterocycles. The van der Waals surface area contributed by atoms with E-state index in [-0.39, 0.29) is 17.4 Å². The Balaban J connectivity index is 2.63. The molecule has 6 nitrogen and oxygen atoms in total. The number of amides is 2. The van der Waals surface area contributed by atoms with Crippen molar-refractivity contribution in [3.63, 3.8) is 0 Å². The second-order valence-corrected chi connectivity index (χ2v) is 4.64. The third-order valence-electron chi connectivity index (χ3n) is 2.46. The summed E-state index contributed by atoms with van der Waals surface area (Å²) < 4.78 is 0. The highest BCUT2D eigenvalue weighted by molar-refractivity contribution is 5.93. The number of aromatic hydroxyl groups is 1. The van der Waals surface area contributed by atoms with Crippen molar-refractivity contribution in [3.05, 3.63) is 24.3 Å². The van der Waals surface area contributed by atoms with Gasteiger partial charge in [-0.2, -0.15) is 0 Å². The fraction of sp³-hybridized carbons (Fsp3) is 0.385. The fourth-order valence-electron chi connectivity index (χ4n) is 1.59. The molecule has 0 heterocycles. The molecule has 0 aliphatic rings. The van der Waals surface area contributed by atoms with Crippen LogP contribution in [0.25, 0.3) is 0 Å². The van der Waals surface area contributed by atoms with Crippen LogP contribution in [-0.2, 0) is 4.79 Å². The van der Waals surface area contributed by atoms with Crippen molar-refractivity contribution >= 4 is 17.7 Å². The number of nitrogens with one attached hydrogen (secondary N) is 2. The summed E-state index contributed by atoms with van der Waals surface area (Å²) in [5.41, 5.74) is 0.230. The molecular formula is C13H18N2O4. The van der Waals surface area contributed by atoms with E-state index in [4.69, 9.17) is 5.11 Å². The van der Waals surface area contributed by atoms with Gasteiger partial charge in [-0.25, -0.2) is 9.59 Å². The van der Waals surface area contributed by atoms with E-state index in [1.807, 2.05) is 13.8 Å². The third kappa shape index (κ3) is 4.87. The molecule has 104 valence electrons. The molecule has 1 aromatic rings. The quantitative estimate of drug-likeness (QED) is 0.613. The maximum absolute atomic E-state index is 11.7. The second-order valence-electron chi connectivity index (χ2n) is 4.64. The minimum atomic E-state index is -1.08. The first-order valence-electron chi connectivity index (χ1n) is 5.98. The number of hydrogen-bond donors (Lipinski definition) is 4. The van der Waals surface area contributed by atoms with Gasteiger partial charge in [-0.1, -0.05) is 26.0 Å². The highest BCUT2D eigenvalue weighted by Crippen LogP contribution is 2.21. The Morgan fingerprint density at radius 2 is 1.89 bits per heavy atom. The smallest absolute Gasteiger partial charge is 0.326 e. The summed E-state index contributed by atoms with van der Waals surface area (Å²) in [7, 11) is 0. The number of carboxylic acid groups (broad SMARTS) is 1. The molecule has 1 atom stereocenters. The van der Waals surface area contributed by atoms with Gasteiger partial charge < -0.3 is 20.8 Å². The third-order valence-corrected chi connectivity index (χ3v) is 2.46. The van der Waals surface area contributed by atoms with Gasteiger partial charge in [0.1, 0.15) is 11.8 Å². The van der Waals surface area contributed by atoms with Crippen LogP contribution in [0.2, 0.25) is 0 Å². The average molecular weight is 266 g/mol. The standard InChI is InChI=1S/C13H18N2O4/c1-8(2)7-10(12(17)18)15-13(19)14-9-5-3-4-6-11(9)16/h3-6,8,10,16H,7H2,1-2H3,(H,17,18)(H2,14,15,19). The van der Waals surface area contributed by atoms with Crippen LogP contribution < -0.4 is 10.6 Å². The number of urea groups is 1.